The molecular weight excluding hydrogens is 214 g/mol. The fourth-order valence-electron chi connectivity index (χ4n) is 1.19. The molecule has 1 atom stereocenters. The van der Waals surface area contributed by atoms with Crippen LogP contribution in [0.3, 0.4) is 0 Å². The SMILES string of the molecule is CN(C)C(O)c1ccc(S(C)(=O)=O)cc1. The summed E-state index contributed by atoms with van der Waals surface area (Å²) in [5.74, 6) is 0. The molecule has 15 heavy (non-hydrogen) atoms. The van der Waals surface area contributed by atoms with E-state index in [1.54, 1.807) is 31.1 Å². The molecule has 0 aliphatic rings. The number of sulfone groups is 1. The minimum absolute atomic E-state index is 0.261. The highest BCUT2D eigenvalue weighted by molar-refractivity contribution is 7.90. The highest BCUT2D eigenvalue weighted by atomic mass is 32.2. The summed E-state index contributed by atoms with van der Waals surface area (Å²) in [5, 5.41) is 9.67. The maximum atomic E-state index is 11.2. The summed E-state index contributed by atoms with van der Waals surface area (Å²) in [5.41, 5.74) is 0.674. The van der Waals surface area contributed by atoms with Crippen molar-refractivity contribution in [3.8, 4) is 0 Å². The van der Waals surface area contributed by atoms with Crippen LogP contribution in [0.1, 0.15) is 11.8 Å². The van der Waals surface area contributed by atoms with Crippen LogP contribution in [0.15, 0.2) is 29.2 Å². The Labute approximate surface area is 90.1 Å². The second kappa shape index (κ2) is 4.30. The van der Waals surface area contributed by atoms with Crippen molar-refractivity contribution in [2.75, 3.05) is 20.4 Å². The monoisotopic (exact) mass is 229 g/mol. The van der Waals surface area contributed by atoms with E-state index >= 15 is 0 Å². The molecule has 0 spiro atoms. The third-order valence-corrected chi connectivity index (χ3v) is 3.22. The smallest absolute Gasteiger partial charge is 0.175 e. The second-order valence-corrected chi connectivity index (χ2v) is 5.69. The highest BCUT2D eigenvalue weighted by Crippen LogP contribution is 2.17. The predicted octanol–water partition coefficient (Wildman–Crippen LogP) is 0.643. The third-order valence-electron chi connectivity index (χ3n) is 2.10. The van der Waals surface area contributed by atoms with E-state index in [1.165, 1.54) is 12.1 Å². The van der Waals surface area contributed by atoms with Crippen molar-refractivity contribution in [1.29, 1.82) is 0 Å². The molecule has 1 N–H and O–H groups in total. The number of rotatable bonds is 3. The highest BCUT2D eigenvalue weighted by Gasteiger charge is 2.11. The zero-order valence-electron chi connectivity index (χ0n) is 9.01. The van der Waals surface area contributed by atoms with Crippen LogP contribution in [0.5, 0.6) is 0 Å². The fraction of sp³-hybridized carbons (Fsp3) is 0.400. The molecule has 5 heteroatoms. The standard InChI is InChI=1S/C10H15NO3S/c1-11(2)10(12)8-4-6-9(7-5-8)15(3,13)14/h4-7,10,12H,1-3H3. The first kappa shape index (κ1) is 12.2. The van der Waals surface area contributed by atoms with E-state index in [-0.39, 0.29) is 4.90 Å². The molecule has 1 aromatic carbocycles. The molecule has 4 nitrogen and oxygen atoms in total. The number of hydrogen-bond acceptors (Lipinski definition) is 4. The molecule has 0 aliphatic heterocycles. The Balaban J connectivity index is 3.01. The molecule has 84 valence electrons. The molecule has 0 radical (unpaired) electrons. The van der Waals surface area contributed by atoms with Gasteiger partial charge in [-0.25, -0.2) is 8.42 Å². The van der Waals surface area contributed by atoms with Crippen molar-refractivity contribution < 1.29 is 13.5 Å². The van der Waals surface area contributed by atoms with Gasteiger partial charge >= 0.3 is 0 Å². The van der Waals surface area contributed by atoms with Gasteiger partial charge in [-0.2, -0.15) is 0 Å². The van der Waals surface area contributed by atoms with E-state index in [0.29, 0.717) is 5.56 Å². The molecule has 1 unspecified atom stereocenters. The predicted molar refractivity (Wildman–Crippen MR) is 58.2 cm³/mol. The van der Waals surface area contributed by atoms with E-state index in [4.69, 9.17) is 0 Å². The number of hydrogen-bond donors (Lipinski definition) is 1. The zero-order chi connectivity index (χ0) is 11.6. The first-order valence-corrected chi connectivity index (χ1v) is 6.36. The number of benzene rings is 1. The van der Waals surface area contributed by atoms with Crippen LogP contribution >= 0.6 is 0 Å². The molecule has 0 heterocycles. The molecule has 0 aromatic heterocycles. The Kier molecular flexibility index (Phi) is 3.49. The van der Waals surface area contributed by atoms with Gasteiger partial charge in [-0.1, -0.05) is 12.1 Å². The Morgan fingerprint density at radius 1 is 1.20 bits per heavy atom. The molecule has 0 saturated heterocycles. The molecule has 0 bridgehead atoms. The van der Waals surface area contributed by atoms with Gasteiger partial charge < -0.3 is 5.11 Å². The van der Waals surface area contributed by atoms with E-state index in [1.807, 2.05) is 0 Å². The van der Waals surface area contributed by atoms with Gasteiger partial charge in [0.1, 0.15) is 6.23 Å². The van der Waals surface area contributed by atoms with Crippen LogP contribution in [-0.4, -0.2) is 38.8 Å². The second-order valence-electron chi connectivity index (χ2n) is 3.68. The van der Waals surface area contributed by atoms with Crippen molar-refractivity contribution >= 4 is 9.84 Å². The van der Waals surface area contributed by atoms with Crippen molar-refractivity contribution in [3.05, 3.63) is 29.8 Å². The van der Waals surface area contributed by atoms with Crippen molar-refractivity contribution in [1.82, 2.24) is 4.90 Å². The van der Waals surface area contributed by atoms with Crippen LogP contribution in [0, 0.1) is 0 Å². The van der Waals surface area contributed by atoms with E-state index in [9.17, 15) is 13.5 Å². The van der Waals surface area contributed by atoms with Gasteiger partial charge in [-0.3, -0.25) is 4.90 Å². The lowest BCUT2D eigenvalue weighted by Crippen LogP contribution is -2.19. The molecular formula is C10H15NO3S. The van der Waals surface area contributed by atoms with Gasteiger partial charge in [0.25, 0.3) is 0 Å². The first-order valence-electron chi connectivity index (χ1n) is 4.47. The van der Waals surface area contributed by atoms with Crippen LogP contribution in [0.4, 0.5) is 0 Å². The van der Waals surface area contributed by atoms with Crippen LogP contribution < -0.4 is 0 Å². The van der Waals surface area contributed by atoms with Gasteiger partial charge in [0.05, 0.1) is 4.90 Å². The Morgan fingerprint density at radius 3 is 2.00 bits per heavy atom. The molecule has 1 rings (SSSR count). The maximum absolute atomic E-state index is 11.2. The molecule has 0 aliphatic carbocycles. The summed E-state index contributed by atoms with van der Waals surface area (Å²) in [4.78, 5) is 1.90. The van der Waals surface area contributed by atoms with Crippen LogP contribution in [0.2, 0.25) is 0 Å². The quantitative estimate of drug-likeness (QED) is 0.773. The van der Waals surface area contributed by atoms with Crippen molar-refractivity contribution in [3.63, 3.8) is 0 Å². The summed E-state index contributed by atoms with van der Waals surface area (Å²) < 4.78 is 22.3. The lowest BCUT2D eigenvalue weighted by atomic mass is 10.2. The van der Waals surface area contributed by atoms with Gasteiger partial charge in [-0.15, -0.1) is 0 Å². The maximum Gasteiger partial charge on any atom is 0.175 e. The van der Waals surface area contributed by atoms with E-state index in [2.05, 4.69) is 0 Å². The third kappa shape index (κ3) is 3.02. The number of nitrogens with zero attached hydrogens (tertiary/aromatic N) is 1. The minimum Gasteiger partial charge on any atom is -0.374 e. The Hall–Kier alpha value is -0.910. The van der Waals surface area contributed by atoms with Crippen LogP contribution in [-0.2, 0) is 9.84 Å². The van der Waals surface area contributed by atoms with Gasteiger partial charge in [0.15, 0.2) is 9.84 Å². The average Bonchev–Trinajstić information content (AvgIpc) is 2.15. The summed E-state index contributed by atoms with van der Waals surface area (Å²) in [6.07, 6.45) is 0.448. The summed E-state index contributed by atoms with van der Waals surface area (Å²) in [6, 6.07) is 6.22. The summed E-state index contributed by atoms with van der Waals surface area (Å²) in [7, 11) is 0.330. The van der Waals surface area contributed by atoms with Crippen molar-refractivity contribution in [2.45, 2.75) is 11.1 Å². The number of aliphatic hydroxyl groups is 1. The lowest BCUT2D eigenvalue weighted by molar-refractivity contribution is 0.0395. The summed E-state index contributed by atoms with van der Waals surface area (Å²) in [6.45, 7) is 0. The number of aliphatic hydroxyl groups excluding tert-OH is 1. The minimum atomic E-state index is -3.16. The normalized spacial score (nSPS) is 14.2. The summed E-state index contributed by atoms with van der Waals surface area (Å²) >= 11 is 0. The van der Waals surface area contributed by atoms with E-state index in [0.717, 1.165) is 6.26 Å². The van der Waals surface area contributed by atoms with Gasteiger partial charge in [0, 0.05) is 6.26 Å². The average molecular weight is 229 g/mol. The lowest BCUT2D eigenvalue weighted by Gasteiger charge is -2.18. The Morgan fingerprint density at radius 2 is 1.67 bits per heavy atom. The molecule has 1 aromatic rings. The van der Waals surface area contributed by atoms with Crippen molar-refractivity contribution in [2.24, 2.45) is 0 Å². The fourth-order valence-corrected chi connectivity index (χ4v) is 1.82. The largest absolute Gasteiger partial charge is 0.374 e. The Bertz CT molecular complexity index is 422. The van der Waals surface area contributed by atoms with Gasteiger partial charge in [0.2, 0.25) is 0 Å². The zero-order valence-corrected chi connectivity index (χ0v) is 9.82. The topological polar surface area (TPSA) is 57.6 Å². The van der Waals surface area contributed by atoms with Gasteiger partial charge in [-0.05, 0) is 31.8 Å². The van der Waals surface area contributed by atoms with Crippen LogP contribution in [0.25, 0.3) is 0 Å². The molecule has 0 saturated carbocycles. The molecule has 0 amide bonds. The first-order chi connectivity index (χ1) is 6.82. The van der Waals surface area contributed by atoms with E-state index < -0.39 is 16.1 Å². The molecule has 0 fully saturated rings.